The fourth-order valence-corrected chi connectivity index (χ4v) is 3.41. The second-order valence-corrected chi connectivity index (χ2v) is 6.58. The zero-order chi connectivity index (χ0) is 22.1. The molecule has 1 unspecified atom stereocenters. The van der Waals surface area contributed by atoms with Crippen molar-refractivity contribution in [3.63, 3.8) is 0 Å². The Morgan fingerprint density at radius 2 is 1.67 bits per heavy atom. The van der Waals surface area contributed by atoms with Crippen LogP contribution in [0.2, 0.25) is 0 Å². The fraction of sp³-hybridized carbons (Fsp3) is 0.333. The molecular weight excluding hydrogens is 397 g/mol. The molecule has 1 aliphatic heterocycles. The maximum absolute atomic E-state index is 13.6. The van der Waals surface area contributed by atoms with Crippen LogP contribution in [0.25, 0.3) is 0 Å². The molecule has 0 saturated carbocycles. The normalized spacial score (nSPS) is 17.8. The molecule has 1 aliphatic rings. The number of carbonyl (C=O) groups excluding carboxylic acids is 3. The minimum Gasteiger partial charge on any atom is -0.463 e. The van der Waals surface area contributed by atoms with Crippen LogP contribution in [0.3, 0.4) is 0 Å². The zero-order valence-corrected chi connectivity index (χ0v) is 16.6. The number of carbonyl (C=O) groups is 3. The summed E-state index contributed by atoms with van der Waals surface area (Å²) in [6, 6.07) is 7.39. The van der Waals surface area contributed by atoms with Gasteiger partial charge in [-0.3, -0.25) is 4.98 Å². The first-order valence-corrected chi connectivity index (χ1v) is 9.26. The summed E-state index contributed by atoms with van der Waals surface area (Å²) in [4.78, 5) is 42.9. The monoisotopic (exact) mass is 417 g/mol. The molecule has 3 rings (SSSR count). The number of aryl methyl sites for hydroxylation is 1. The number of aromatic nitrogens is 1. The third-order valence-corrected chi connectivity index (χ3v) is 4.74. The van der Waals surface area contributed by atoms with Crippen LogP contribution >= 0.6 is 0 Å². The smallest absolute Gasteiger partial charge is 0.355 e. The van der Waals surface area contributed by atoms with Gasteiger partial charge in [-0.1, -0.05) is 12.1 Å². The number of aliphatic hydroxyl groups is 1. The molecule has 0 amide bonds. The first-order chi connectivity index (χ1) is 14.2. The largest absolute Gasteiger partial charge is 0.463 e. The molecule has 0 spiro atoms. The van der Waals surface area contributed by atoms with E-state index in [1.54, 1.807) is 6.92 Å². The lowest BCUT2D eigenvalue weighted by molar-refractivity contribution is -0.207. The standard InChI is InChI=1S/C21H20FNO7/c1-4-28-18(25)20(27,19(26)29-5-2)21(13-7-9-14(22)10-8-13)16-15(17(24)30-21)11-6-12(3)23-16/h6-11,27H,4-5H2,1-3H3. The SMILES string of the molecule is CCOC(=O)C(O)(C(=O)OCC)C1(c2ccc(F)cc2)OC(=O)c2ccc(C)nc21. The van der Waals surface area contributed by atoms with Gasteiger partial charge >= 0.3 is 23.5 Å². The predicted octanol–water partition coefficient (Wildman–Crippen LogP) is 1.80. The van der Waals surface area contributed by atoms with Gasteiger partial charge in [0, 0.05) is 11.3 Å². The molecule has 8 nitrogen and oxygen atoms in total. The number of rotatable bonds is 6. The van der Waals surface area contributed by atoms with Crippen LogP contribution in [-0.4, -0.2) is 46.8 Å². The number of pyridine rings is 1. The number of ether oxygens (including phenoxy) is 3. The summed E-state index contributed by atoms with van der Waals surface area (Å²) in [6.07, 6.45) is 0. The van der Waals surface area contributed by atoms with E-state index in [4.69, 9.17) is 14.2 Å². The molecule has 2 heterocycles. The second-order valence-electron chi connectivity index (χ2n) is 6.58. The van der Waals surface area contributed by atoms with E-state index in [2.05, 4.69) is 4.98 Å². The quantitative estimate of drug-likeness (QED) is 0.430. The molecule has 2 aromatic rings. The van der Waals surface area contributed by atoms with Gasteiger partial charge < -0.3 is 19.3 Å². The number of fused-ring (bicyclic) bond motifs is 1. The van der Waals surface area contributed by atoms with Crippen LogP contribution in [0.4, 0.5) is 4.39 Å². The number of benzene rings is 1. The van der Waals surface area contributed by atoms with Gasteiger partial charge in [-0.2, -0.15) is 0 Å². The summed E-state index contributed by atoms with van der Waals surface area (Å²) < 4.78 is 29.1. The molecule has 0 aliphatic carbocycles. The van der Waals surface area contributed by atoms with E-state index in [0.29, 0.717) is 5.69 Å². The van der Waals surface area contributed by atoms with Crippen LogP contribution in [-0.2, 0) is 29.4 Å². The van der Waals surface area contributed by atoms with E-state index in [1.807, 2.05) is 0 Å². The van der Waals surface area contributed by atoms with Gasteiger partial charge in [-0.25, -0.2) is 18.8 Å². The van der Waals surface area contributed by atoms with E-state index in [-0.39, 0.29) is 30.0 Å². The van der Waals surface area contributed by atoms with Crippen LogP contribution < -0.4 is 0 Å². The molecule has 1 N–H and O–H groups in total. The van der Waals surface area contributed by atoms with E-state index in [0.717, 1.165) is 12.1 Å². The number of cyclic esters (lactones) is 1. The molecule has 0 saturated heterocycles. The van der Waals surface area contributed by atoms with Crippen molar-refractivity contribution >= 4 is 17.9 Å². The Labute approximate surface area is 171 Å². The number of hydrogen-bond donors (Lipinski definition) is 1. The summed E-state index contributed by atoms with van der Waals surface area (Å²) in [5.74, 6) is -4.33. The molecule has 0 radical (unpaired) electrons. The number of hydrogen-bond acceptors (Lipinski definition) is 8. The first kappa shape index (κ1) is 21.4. The Balaban J connectivity index is 2.42. The van der Waals surface area contributed by atoms with Gasteiger partial charge in [0.25, 0.3) is 0 Å². The van der Waals surface area contributed by atoms with Crippen LogP contribution in [0, 0.1) is 12.7 Å². The summed E-state index contributed by atoms with van der Waals surface area (Å²) in [6.45, 7) is 4.21. The summed E-state index contributed by atoms with van der Waals surface area (Å²) in [5, 5.41) is 11.6. The lowest BCUT2D eigenvalue weighted by Gasteiger charge is -2.39. The lowest BCUT2D eigenvalue weighted by Crippen LogP contribution is -2.64. The van der Waals surface area contributed by atoms with Crippen molar-refractivity contribution in [3.8, 4) is 0 Å². The van der Waals surface area contributed by atoms with Crippen molar-refractivity contribution in [3.05, 3.63) is 64.7 Å². The lowest BCUT2D eigenvalue weighted by atomic mass is 9.74. The third-order valence-electron chi connectivity index (χ3n) is 4.74. The van der Waals surface area contributed by atoms with Gasteiger partial charge in [0.05, 0.1) is 18.8 Å². The minimum absolute atomic E-state index is 0.0577. The van der Waals surface area contributed by atoms with Crippen molar-refractivity contribution in [1.82, 2.24) is 4.98 Å². The van der Waals surface area contributed by atoms with Crippen LogP contribution in [0.15, 0.2) is 36.4 Å². The van der Waals surface area contributed by atoms with Crippen molar-refractivity contribution in [2.45, 2.75) is 32.0 Å². The maximum atomic E-state index is 13.6. The van der Waals surface area contributed by atoms with Gasteiger partial charge in [0.15, 0.2) is 0 Å². The van der Waals surface area contributed by atoms with E-state index in [9.17, 15) is 23.9 Å². The average Bonchev–Trinajstić information content (AvgIpc) is 3.01. The molecule has 1 atom stereocenters. The number of nitrogens with zero attached hydrogens (tertiary/aromatic N) is 1. The predicted molar refractivity (Wildman–Crippen MR) is 99.8 cm³/mol. The third kappa shape index (κ3) is 3.02. The van der Waals surface area contributed by atoms with E-state index >= 15 is 0 Å². The first-order valence-electron chi connectivity index (χ1n) is 9.26. The number of halogens is 1. The summed E-state index contributed by atoms with van der Waals surface area (Å²) >= 11 is 0. The molecule has 30 heavy (non-hydrogen) atoms. The summed E-state index contributed by atoms with van der Waals surface area (Å²) in [5.41, 5.74) is -5.46. The average molecular weight is 417 g/mol. The van der Waals surface area contributed by atoms with Crippen LogP contribution in [0.5, 0.6) is 0 Å². The molecule has 0 bridgehead atoms. The minimum atomic E-state index is -3.14. The van der Waals surface area contributed by atoms with Gasteiger partial charge in [0.2, 0.25) is 5.60 Å². The molecular formula is C21H20FNO7. The highest BCUT2D eigenvalue weighted by Gasteiger charge is 2.72. The molecule has 158 valence electrons. The highest BCUT2D eigenvalue weighted by atomic mass is 19.1. The number of esters is 3. The molecule has 0 fully saturated rings. The summed E-state index contributed by atoms with van der Waals surface area (Å²) in [7, 11) is 0. The van der Waals surface area contributed by atoms with Crippen molar-refractivity contribution < 1.29 is 38.1 Å². The second kappa shape index (κ2) is 7.83. The van der Waals surface area contributed by atoms with Crippen molar-refractivity contribution in [1.29, 1.82) is 0 Å². The highest BCUT2D eigenvalue weighted by molar-refractivity contribution is 6.08. The Morgan fingerprint density at radius 1 is 1.10 bits per heavy atom. The maximum Gasteiger partial charge on any atom is 0.355 e. The molecule has 9 heteroatoms. The van der Waals surface area contributed by atoms with Gasteiger partial charge in [-0.05, 0) is 45.0 Å². The topological polar surface area (TPSA) is 112 Å². The Hall–Kier alpha value is -3.33. The molecule has 1 aromatic heterocycles. The Morgan fingerprint density at radius 3 is 2.20 bits per heavy atom. The van der Waals surface area contributed by atoms with E-state index in [1.165, 1.54) is 38.1 Å². The van der Waals surface area contributed by atoms with E-state index < -0.39 is 34.9 Å². The Kier molecular flexibility index (Phi) is 5.58. The van der Waals surface area contributed by atoms with Crippen LogP contribution in [0.1, 0.15) is 41.2 Å². The zero-order valence-electron chi connectivity index (χ0n) is 16.6. The van der Waals surface area contributed by atoms with Gasteiger partial charge in [-0.15, -0.1) is 0 Å². The Bertz CT molecular complexity index is 987. The fourth-order valence-electron chi connectivity index (χ4n) is 3.41. The highest BCUT2D eigenvalue weighted by Crippen LogP contribution is 2.49. The van der Waals surface area contributed by atoms with Gasteiger partial charge in [0.1, 0.15) is 11.5 Å². The van der Waals surface area contributed by atoms with Crippen molar-refractivity contribution in [2.24, 2.45) is 0 Å². The molecule has 1 aromatic carbocycles. The van der Waals surface area contributed by atoms with Crippen molar-refractivity contribution in [2.75, 3.05) is 13.2 Å².